The maximum absolute atomic E-state index is 6.14. The Morgan fingerprint density at radius 2 is 1.93 bits per heavy atom. The first-order valence-electron chi connectivity index (χ1n) is 8.39. The number of aromatic nitrogens is 2. The highest BCUT2D eigenvalue weighted by Crippen LogP contribution is 2.23. The molecule has 0 atom stereocenters. The highest BCUT2D eigenvalue weighted by molar-refractivity contribution is 7.20. The lowest BCUT2D eigenvalue weighted by Crippen LogP contribution is -2.06. The summed E-state index contributed by atoms with van der Waals surface area (Å²) in [6.07, 6.45) is 5.76. The minimum Gasteiger partial charge on any atom is -0.320 e. The lowest BCUT2D eigenvalue weighted by atomic mass is 10.2. The lowest BCUT2D eigenvalue weighted by Gasteiger charge is -1.91. The maximum Gasteiger partial charge on any atom is 0.199 e. The maximum atomic E-state index is 6.14. The third-order valence-electron chi connectivity index (χ3n) is 4.29. The van der Waals surface area contributed by atoms with E-state index in [0.29, 0.717) is 10.5 Å². The number of halogens is 1. The van der Waals surface area contributed by atoms with Crippen LogP contribution in [0.15, 0.2) is 83.3 Å². The van der Waals surface area contributed by atoms with E-state index in [0.717, 1.165) is 21.3 Å². The molecule has 0 amide bonds. The van der Waals surface area contributed by atoms with Gasteiger partial charge in [-0.25, -0.2) is 4.98 Å². The number of hydrogen-bond donors (Lipinski definition) is 0. The summed E-state index contributed by atoms with van der Waals surface area (Å²) in [7, 11) is 0. The monoisotopic (exact) mass is 388 g/mol. The molecule has 3 aromatic heterocycles. The normalized spacial score (nSPS) is 12.7. The van der Waals surface area contributed by atoms with Gasteiger partial charge in [-0.1, -0.05) is 29.8 Å². The fourth-order valence-corrected chi connectivity index (χ4v) is 4.12. The zero-order chi connectivity index (χ0) is 18.2. The second-order valence-electron chi connectivity index (χ2n) is 6.10. The predicted molar refractivity (Wildman–Crippen MR) is 113 cm³/mol. The van der Waals surface area contributed by atoms with Crippen LogP contribution >= 0.6 is 22.9 Å². The fraction of sp³-hybridized carbons (Fsp3) is 0. The van der Waals surface area contributed by atoms with Crippen LogP contribution in [0.25, 0.3) is 26.5 Å². The first-order valence-corrected chi connectivity index (χ1v) is 9.59. The zero-order valence-electron chi connectivity index (χ0n) is 14.1. The average molecular weight is 389 g/mol. The standard InChI is InChI=1S/C21H13ClN4S/c22-16-8-7-15-13-26-9-3-5-19(26)21(24-18(15)11-16)25-23-12-17-10-14-4-1-2-6-20(14)27-17/h1-13H. The molecule has 0 aliphatic rings. The van der Waals surface area contributed by atoms with Crippen molar-refractivity contribution in [3.05, 3.63) is 88.4 Å². The van der Waals surface area contributed by atoms with E-state index in [1.165, 1.54) is 10.1 Å². The molecule has 3 heterocycles. The molecule has 6 heteroatoms. The first-order chi connectivity index (χ1) is 13.3. The van der Waals surface area contributed by atoms with Crippen molar-refractivity contribution in [3.63, 3.8) is 0 Å². The molecule has 0 saturated carbocycles. The third-order valence-corrected chi connectivity index (χ3v) is 5.57. The Hall–Kier alpha value is -3.02. The number of thiophene rings is 1. The van der Waals surface area contributed by atoms with Gasteiger partial charge in [0, 0.05) is 32.4 Å². The van der Waals surface area contributed by atoms with Crippen LogP contribution in [0.2, 0.25) is 5.02 Å². The molecule has 2 aromatic carbocycles. The molecule has 0 spiro atoms. The van der Waals surface area contributed by atoms with Crippen LogP contribution in [-0.2, 0) is 0 Å². The molecule has 4 nitrogen and oxygen atoms in total. The highest BCUT2D eigenvalue weighted by atomic mass is 35.5. The minimum absolute atomic E-state index is 0.551. The molecule has 130 valence electrons. The number of fused-ring (bicyclic) bond motifs is 3. The van der Waals surface area contributed by atoms with Crippen LogP contribution in [0.3, 0.4) is 0 Å². The van der Waals surface area contributed by atoms with Crippen LogP contribution in [0.5, 0.6) is 0 Å². The molecule has 0 N–H and O–H groups in total. The van der Waals surface area contributed by atoms with Gasteiger partial charge in [-0.2, -0.15) is 5.10 Å². The van der Waals surface area contributed by atoms with Gasteiger partial charge in [0.15, 0.2) is 5.49 Å². The van der Waals surface area contributed by atoms with Crippen molar-refractivity contribution < 1.29 is 0 Å². The summed E-state index contributed by atoms with van der Waals surface area (Å²) >= 11 is 7.82. The third kappa shape index (κ3) is 3.12. The Bertz CT molecular complexity index is 1370. The number of benzene rings is 2. The molecular formula is C21H13ClN4S. The van der Waals surface area contributed by atoms with E-state index >= 15 is 0 Å². The van der Waals surface area contributed by atoms with Crippen molar-refractivity contribution >= 4 is 55.7 Å². The molecule has 0 aliphatic heterocycles. The topological polar surface area (TPSA) is 42.0 Å². The van der Waals surface area contributed by atoms with Crippen LogP contribution in [0.4, 0.5) is 0 Å². The van der Waals surface area contributed by atoms with E-state index in [2.05, 4.69) is 28.4 Å². The van der Waals surface area contributed by atoms with E-state index < -0.39 is 0 Å². The lowest BCUT2D eigenvalue weighted by molar-refractivity contribution is 1.07. The predicted octanol–water partition coefficient (Wildman–Crippen LogP) is 5.29. The van der Waals surface area contributed by atoms with E-state index in [9.17, 15) is 0 Å². The Kier molecular flexibility index (Phi) is 3.96. The zero-order valence-corrected chi connectivity index (χ0v) is 15.7. The van der Waals surface area contributed by atoms with Crippen LogP contribution in [0, 0.1) is 0 Å². The molecule has 0 saturated heterocycles. The van der Waals surface area contributed by atoms with Gasteiger partial charge in [0.1, 0.15) is 0 Å². The highest BCUT2D eigenvalue weighted by Gasteiger charge is 2.01. The number of hydrogen-bond acceptors (Lipinski definition) is 4. The van der Waals surface area contributed by atoms with Gasteiger partial charge in [-0.05, 0) is 47.9 Å². The Labute approximate surface area is 163 Å². The summed E-state index contributed by atoms with van der Waals surface area (Å²) in [6.45, 7) is 0. The summed E-state index contributed by atoms with van der Waals surface area (Å²) in [4.78, 5) is 5.75. The van der Waals surface area contributed by atoms with Crippen LogP contribution in [-0.4, -0.2) is 15.6 Å². The Morgan fingerprint density at radius 1 is 1.00 bits per heavy atom. The molecule has 27 heavy (non-hydrogen) atoms. The summed E-state index contributed by atoms with van der Waals surface area (Å²) < 4.78 is 3.23. The first kappa shape index (κ1) is 16.2. The van der Waals surface area contributed by atoms with Gasteiger partial charge in [-0.3, -0.25) is 0 Å². The Morgan fingerprint density at radius 3 is 2.85 bits per heavy atom. The van der Waals surface area contributed by atoms with Gasteiger partial charge in [0.2, 0.25) is 0 Å². The van der Waals surface area contributed by atoms with Gasteiger partial charge in [-0.15, -0.1) is 16.4 Å². The SMILES string of the molecule is Clc1ccc2cn3cccc3c(=NN=Cc3cc4ccccc4s3)nc2c1. The molecule has 0 aliphatic carbocycles. The molecule has 5 rings (SSSR count). The van der Waals surface area contributed by atoms with Gasteiger partial charge in [0.25, 0.3) is 0 Å². The van der Waals surface area contributed by atoms with Gasteiger partial charge < -0.3 is 4.40 Å². The molecule has 5 aromatic rings. The fourth-order valence-electron chi connectivity index (χ4n) is 3.02. The molecule has 0 bridgehead atoms. The second-order valence-corrected chi connectivity index (χ2v) is 7.65. The number of nitrogens with zero attached hydrogens (tertiary/aromatic N) is 4. The van der Waals surface area contributed by atoms with Crippen LogP contribution < -0.4 is 5.49 Å². The quantitative estimate of drug-likeness (QED) is 0.299. The summed E-state index contributed by atoms with van der Waals surface area (Å²) in [5, 5.41) is 11.5. The molecule has 0 unspecified atom stereocenters. The van der Waals surface area contributed by atoms with Crippen molar-refractivity contribution in [1.29, 1.82) is 0 Å². The molecule has 0 fully saturated rings. The van der Waals surface area contributed by atoms with Gasteiger partial charge in [0.05, 0.1) is 17.2 Å². The van der Waals surface area contributed by atoms with E-state index in [1.807, 2.05) is 59.3 Å². The van der Waals surface area contributed by atoms with Crippen molar-refractivity contribution in [2.24, 2.45) is 10.2 Å². The van der Waals surface area contributed by atoms with E-state index in [1.54, 1.807) is 17.6 Å². The van der Waals surface area contributed by atoms with Crippen molar-refractivity contribution in [2.45, 2.75) is 0 Å². The van der Waals surface area contributed by atoms with E-state index in [-0.39, 0.29) is 0 Å². The van der Waals surface area contributed by atoms with Crippen molar-refractivity contribution in [1.82, 2.24) is 9.38 Å². The Balaban J connectivity index is 1.66. The molecular weight excluding hydrogens is 376 g/mol. The molecule has 0 radical (unpaired) electrons. The summed E-state index contributed by atoms with van der Waals surface area (Å²) in [5.41, 5.74) is 2.22. The largest absolute Gasteiger partial charge is 0.320 e. The smallest absolute Gasteiger partial charge is 0.199 e. The summed E-state index contributed by atoms with van der Waals surface area (Å²) in [6, 6.07) is 20.0. The summed E-state index contributed by atoms with van der Waals surface area (Å²) in [5.74, 6) is 0. The average Bonchev–Trinajstić information content (AvgIpc) is 3.26. The van der Waals surface area contributed by atoms with E-state index in [4.69, 9.17) is 16.6 Å². The van der Waals surface area contributed by atoms with Crippen molar-refractivity contribution in [3.8, 4) is 0 Å². The van der Waals surface area contributed by atoms with Gasteiger partial charge >= 0.3 is 0 Å². The van der Waals surface area contributed by atoms with Crippen LogP contribution in [0.1, 0.15) is 4.88 Å². The number of rotatable bonds is 2. The second kappa shape index (κ2) is 6.61. The van der Waals surface area contributed by atoms with Crippen molar-refractivity contribution in [2.75, 3.05) is 0 Å². The minimum atomic E-state index is 0.551.